The Kier molecular flexibility index (Phi) is 4.36. The monoisotopic (exact) mass is 301 g/mol. The van der Waals surface area contributed by atoms with Crippen LogP contribution in [0, 0.1) is 19.3 Å². The smallest absolute Gasteiger partial charge is 0.255 e. The Labute approximate surface area is 111 Å². The number of rotatable bonds is 4. The molecule has 0 aliphatic carbocycles. The van der Waals surface area contributed by atoms with E-state index >= 15 is 0 Å². The minimum atomic E-state index is -0.0397. The van der Waals surface area contributed by atoms with Crippen molar-refractivity contribution < 1.29 is 4.79 Å². The van der Waals surface area contributed by atoms with Gasteiger partial charge in [0.05, 0.1) is 11.3 Å². The second-order valence-electron chi connectivity index (χ2n) is 5.15. The van der Waals surface area contributed by atoms with Crippen molar-refractivity contribution in [2.24, 2.45) is 12.5 Å². The molecule has 5 heteroatoms. The summed E-state index contributed by atoms with van der Waals surface area (Å²) < 4.78 is 1.74. The molecule has 1 aromatic heterocycles. The van der Waals surface area contributed by atoms with Gasteiger partial charge in [0.2, 0.25) is 0 Å². The number of hydrogen-bond donors (Lipinski definition) is 1. The lowest BCUT2D eigenvalue weighted by Crippen LogP contribution is -2.35. The first-order valence-corrected chi connectivity index (χ1v) is 6.75. The third-order valence-electron chi connectivity index (χ3n) is 2.83. The van der Waals surface area contributed by atoms with Gasteiger partial charge in [-0.1, -0.05) is 29.8 Å². The van der Waals surface area contributed by atoms with Crippen molar-refractivity contribution in [2.45, 2.75) is 27.7 Å². The third-order valence-corrected chi connectivity index (χ3v) is 4.34. The van der Waals surface area contributed by atoms with Crippen LogP contribution in [0.5, 0.6) is 0 Å². The number of aryl methyl sites for hydroxylation is 2. The average molecular weight is 302 g/mol. The normalized spacial score (nSPS) is 11.6. The first kappa shape index (κ1) is 14.2. The Bertz CT molecular complexity index is 424. The number of aromatic nitrogens is 2. The van der Waals surface area contributed by atoms with Crippen LogP contribution < -0.4 is 5.32 Å². The van der Waals surface area contributed by atoms with Crippen molar-refractivity contribution in [3.05, 3.63) is 17.0 Å². The molecular formula is C12H20BrN3O. The van der Waals surface area contributed by atoms with Gasteiger partial charge in [0, 0.05) is 24.6 Å². The summed E-state index contributed by atoms with van der Waals surface area (Å²) in [5.74, 6) is -0.0397. The van der Waals surface area contributed by atoms with Crippen LogP contribution in [0.4, 0.5) is 0 Å². The van der Waals surface area contributed by atoms with Crippen LogP contribution in [0.1, 0.15) is 35.6 Å². The molecule has 96 valence electrons. The number of nitrogens with one attached hydrogen (secondary N) is 1. The summed E-state index contributed by atoms with van der Waals surface area (Å²) in [5, 5.41) is 8.06. The molecule has 0 unspecified atom stereocenters. The fourth-order valence-electron chi connectivity index (χ4n) is 1.56. The van der Waals surface area contributed by atoms with Crippen molar-refractivity contribution in [1.29, 1.82) is 0 Å². The van der Waals surface area contributed by atoms with Crippen molar-refractivity contribution in [1.82, 2.24) is 15.1 Å². The fraction of sp³-hybridized carbons (Fsp3) is 0.667. The van der Waals surface area contributed by atoms with Gasteiger partial charge in [0.1, 0.15) is 0 Å². The van der Waals surface area contributed by atoms with Crippen LogP contribution in [0.15, 0.2) is 0 Å². The summed E-state index contributed by atoms with van der Waals surface area (Å²) in [6.45, 7) is 8.61. The maximum Gasteiger partial charge on any atom is 0.255 e. The first-order valence-electron chi connectivity index (χ1n) is 5.63. The lowest BCUT2D eigenvalue weighted by Gasteiger charge is -2.21. The second kappa shape index (κ2) is 5.21. The molecule has 0 spiro atoms. The van der Waals surface area contributed by atoms with E-state index in [1.807, 2.05) is 20.9 Å². The number of amides is 1. The van der Waals surface area contributed by atoms with Crippen LogP contribution >= 0.6 is 15.9 Å². The molecule has 1 aromatic rings. The molecule has 0 saturated heterocycles. The van der Waals surface area contributed by atoms with E-state index in [2.05, 4.69) is 40.2 Å². The van der Waals surface area contributed by atoms with E-state index in [1.54, 1.807) is 4.68 Å². The number of carbonyl (C=O) groups excluding carboxylic acids is 1. The first-order chi connectivity index (χ1) is 7.78. The fourth-order valence-corrected chi connectivity index (χ4v) is 1.76. The molecule has 1 heterocycles. The molecule has 1 amide bonds. The number of nitrogens with zero attached hydrogens (tertiary/aromatic N) is 2. The highest BCUT2D eigenvalue weighted by molar-refractivity contribution is 9.09. The van der Waals surface area contributed by atoms with Gasteiger partial charge in [-0.2, -0.15) is 5.10 Å². The summed E-state index contributed by atoms with van der Waals surface area (Å²) in [7, 11) is 1.85. The Morgan fingerprint density at radius 1 is 1.47 bits per heavy atom. The highest BCUT2D eigenvalue weighted by Gasteiger charge is 2.21. The zero-order chi connectivity index (χ0) is 13.2. The average Bonchev–Trinajstić information content (AvgIpc) is 2.50. The molecule has 0 bridgehead atoms. The Morgan fingerprint density at radius 2 is 2.06 bits per heavy atom. The van der Waals surface area contributed by atoms with Gasteiger partial charge >= 0.3 is 0 Å². The molecule has 17 heavy (non-hydrogen) atoms. The maximum absolute atomic E-state index is 12.1. The molecule has 0 aliphatic heterocycles. The molecular weight excluding hydrogens is 282 g/mol. The van der Waals surface area contributed by atoms with Crippen molar-refractivity contribution in [3.63, 3.8) is 0 Å². The molecule has 1 rings (SSSR count). The SMILES string of the molecule is Cc1nn(C)c(C)c1C(=O)NCC(C)(C)CBr. The molecule has 0 atom stereocenters. The Morgan fingerprint density at radius 3 is 2.47 bits per heavy atom. The zero-order valence-corrected chi connectivity index (χ0v) is 12.7. The Hall–Kier alpha value is -0.840. The number of alkyl halides is 1. The van der Waals surface area contributed by atoms with Gasteiger partial charge in [-0.05, 0) is 19.3 Å². The molecule has 4 nitrogen and oxygen atoms in total. The number of hydrogen-bond acceptors (Lipinski definition) is 2. The molecule has 0 aliphatic rings. The van der Waals surface area contributed by atoms with Crippen LogP contribution in [-0.2, 0) is 7.05 Å². The number of halogens is 1. The summed E-state index contributed by atoms with van der Waals surface area (Å²) >= 11 is 3.44. The largest absolute Gasteiger partial charge is 0.351 e. The van der Waals surface area contributed by atoms with E-state index in [0.717, 1.165) is 16.7 Å². The minimum absolute atomic E-state index is 0.0397. The van der Waals surface area contributed by atoms with Crippen LogP contribution in [0.3, 0.4) is 0 Å². The molecule has 1 N–H and O–H groups in total. The van der Waals surface area contributed by atoms with Gasteiger partial charge in [-0.15, -0.1) is 0 Å². The summed E-state index contributed by atoms with van der Waals surface area (Å²) in [6.07, 6.45) is 0. The van der Waals surface area contributed by atoms with Crippen LogP contribution in [0.2, 0.25) is 0 Å². The molecule has 0 aromatic carbocycles. The molecule has 0 fully saturated rings. The lowest BCUT2D eigenvalue weighted by atomic mass is 9.96. The maximum atomic E-state index is 12.1. The van der Waals surface area contributed by atoms with Crippen molar-refractivity contribution >= 4 is 21.8 Å². The summed E-state index contributed by atoms with van der Waals surface area (Å²) in [6, 6.07) is 0. The van der Waals surface area contributed by atoms with Gasteiger partial charge in [-0.3, -0.25) is 9.48 Å². The van der Waals surface area contributed by atoms with Gasteiger partial charge < -0.3 is 5.32 Å². The van der Waals surface area contributed by atoms with E-state index in [4.69, 9.17) is 0 Å². The van der Waals surface area contributed by atoms with Crippen molar-refractivity contribution in [3.8, 4) is 0 Å². The number of carbonyl (C=O) groups is 1. The minimum Gasteiger partial charge on any atom is -0.351 e. The third kappa shape index (κ3) is 3.31. The Balaban J connectivity index is 2.78. The standard InChI is InChI=1S/C12H20BrN3O/c1-8-10(9(2)16(5)15-8)11(17)14-7-12(3,4)6-13/h6-7H2,1-5H3,(H,14,17). The molecule has 0 saturated carbocycles. The lowest BCUT2D eigenvalue weighted by molar-refractivity contribution is 0.0939. The van der Waals surface area contributed by atoms with Crippen molar-refractivity contribution in [2.75, 3.05) is 11.9 Å². The summed E-state index contributed by atoms with van der Waals surface area (Å²) in [5.41, 5.74) is 2.42. The quantitative estimate of drug-likeness (QED) is 0.867. The predicted octanol–water partition coefficient (Wildman–Crippen LogP) is 2.19. The van der Waals surface area contributed by atoms with Gasteiger partial charge in [-0.25, -0.2) is 0 Å². The van der Waals surface area contributed by atoms with E-state index in [-0.39, 0.29) is 11.3 Å². The van der Waals surface area contributed by atoms with Crippen LogP contribution in [0.25, 0.3) is 0 Å². The second-order valence-corrected chi connectivity index (χ2v) is 5.71. The van der Waals surface area contributed by atoms with Gasteiger partial charge in [0.25, 0.3) is 5.91 Å². The van der Waals surface area contributed by atoms with E-state index in [1.165, 1.54) is 0 Å². The van der Waals surface area contributed by atoms with Gasteiger partial charge in [0.15, 0.2) is 0 Å². The van der Waals surface area contributed by atoms with E-state index in [0.29, 0.717) is 12.1 Å². The highest BCUT2D eigenvalue weighted by atomic mass is 79.9. The highest BCUT2D eigenvalue weighted by Crippen LogP contribution is 2.17. The summed E-state index contributed by atoms with van der Waals surface area (Å²) in [4.78, 5) is 12.1. The van der Waals surface area contributed by atoms with E-state index in [9.17, 15) is 4.79 Å². The van der Waals surface area contributed by atoms with Crippen LogP contribution in [-0.4, -0.2) is 27.6 Å². The zero-order valence-electron chi connectivity index (χ0n) is 11.1. The molecule has 0 radical (unpaired) electrons. The van der Waals surface area contributed by atoms with E-state index < -0.39 is 0 Å². The topological polar surface area (TPSA) is 46.9 Å². The predicted molar refractivity (Wildman–Crippen MR) is 72.6 cm³/mol.